The van der Waals surface area contributed by atoms with Gasteiger partial charge in [0, 0.05) is 11.0 Å². The number of halogens is 1. The minimum Gasteiger partial charge on any atom is -0.492 e. The Hall–Kier alpha value is -0.570. The predicted molar refractivity (Wildman–Crippen MR) is 71.2 cm³/mol. The van der Waals surface area contributed by atoms with E-state index < -0.39 is 0 Å². The number of pyridine rings is 1. The number of hydrogen-bond donors (Lipinski definition) is 0. The van der Waals surface area contributed by atoms with Crippen LogP contribution in [0.2, 0.25) is 0 Å². The highest BCUT2D eigenvalue weighted by molar-refractivity contribution is 9.08. The average molecular weight is 286 g/mol. The van der Waals surface area contributed by atoms with Gasteiger partial charge in [-0.05, 0) is 37.8 Å². The van der Waals surface area contributed by atoms with E-state index in [0.717, 1.165) is 41.4 Å². The second-order valence-corrected chi connectivity index (χ2v) is 4.98. The molecule has 3 heteroatoms. The molecule has 0 fully saturated rings. The fourth-order valence-electron chi connectivity index (χ4n) is 1.50. The van der Waals surface area contributed by atoms with E-state index in [1.54, 1.807) is 0 Å². The summed E-state index contributed by atoms with van der Waals surface area (Å²) >= 11 is 3.43. The first kappa shape index (κ1) is 13.5. The van der Waals surface area contributed by atoms with Gasteiger partial charge in [-0.3, -0.25) is 4.98 Å². The van der Waals surface area contributed by atoms with Crippen molar-refractivity contribution in [3.05, 3.63) is 23.5 Å². The maximum absolute atomic E-state index is 5.74. The third-order valence-corrected chi connectivity index (χ3v) is 2.91. The van der Waals surface area contributed by atoms with E-state index in [4.69, 9.17) is 4.74 Å². The van der Waals surface area contributed by atoms with Crippen LogP contribution in [0.1, 0.15) is 38.1 Å². The molecule has 1 aromatic rings. The van der Waals surface area contributed by atoms with Gasteiger partial charge in [-0.1, -0.05) is 29.8 Å². The van der Waals surface area contributed by atoms with Crippen LogP contribution in [0.4, 0.5) is 0 Å². The zero-order chi connectivity index (χ0) is 12.0. The molecule has 0 radical (unpaired) electrons. The minimum atomic E-state index is 0.744. The quantitative estimate of drug-likeness (QED) is 0.580. The van der Waals surface area contributed by atoms with E-state index in [-0.39, 0.29) is 0 Å². The first-order valence-electron chi connectivity index (χ1n) is 5.78. The van der Waals surface area contributed by atoms with Crippen molar-refractivity contribution in [2.75, 3.05) is 6.61 Å². The largest absolute Gasteiger partial charge is 0.492 e. The van der Waals surface area contributed by atoms with Gasteiger partial charge < -0.3 is 4.74 Å². The molecular formula is C13H20BrNO. The maximum atomic E-state index is 5.74. The Morgan fingerprint density at radius 1 is 1.38 bits per heavy atom. The summed E-state index contributed by atoms with van der Waals surface area (Å²) in [5.74, 6) is 1.65. The van der Waals surface area contributed by atoms with Gasteiger partial charge in [0.1, 0.15) is 5.75 Å². The van der Waals surface area contributed by atoms with Gasteiger partial charge in [-0.25, -0.2) is 0 Å². The molecule has 0 unspecified atom stereocenters. The van der Waals surface area contributed by atoms with Crippen LogP contribution in [0.25, 0.3) is 0 Å². The molecule has 0 bridgehead atoms. The molecule has 0 aromatic carbocycles. The molecule has 0 spiro atoms. The number of aryl methyl sites for hydroxylation is 1. The Kier molecular flexibility index (Phi) is 5.81. The standard InChI is InChI=1S/C13H20BrNO/c1-10(2)5-4-8-16-13-7-6-11(3)15-12(13)9-14/h6-7,10H,4-5,8-9H2,1-3H3. The molecule has 0 saturated carbocycles. The summed E-state index contributed by atoms with van der Waals surface area (Å²) in [5, 5.41) is 0.744. The molecular weight excluding hydrogens is 266 g/mol. The van der Waals surface area contributed by atoms with Crippen molar-refractivity contribution in [2.24, 2.45) is 5.92 Å². The van der Waals surface area contributed by atoms with Gasteiger partial charge in [-0.15, -0.1) is 0 Å². The Morgan fingerprint density at radius 3 is 2.75 bits per heavy atom. The number of ether oxygens (including phenoxy) is 1. The summed E-state index contributed by atoms with van der Waals surface area (Å²) in [6.45, 7) is 7.24. The molecule has 1 heterocycles. The summed E-state index contributed by atoms with van der Waals surface area (Å²) in [7, 11) is 0. The average Bonchev–Trinajstić information content (AvgIpc) is 2.25. The van der Waals surface area contributed by atoms with E-state index in [2.05, 4.69) is 34.8 Å². The number of nitrogens with zero attached hydrogens (tertiary/aromatic N) is 1. The zero-order valence-corrected chi connectivity index (χ0v) is 11.9. The zero-order valence-electron chi connectivity index (χ0n) is 10.3. The van der Waals surface area contributed by atoms with Crippen LogP contribution < -0.4 is 4.74 Å². The SMILES string of the molecule is Cc1ccc(OCCCC(C)C)c(CBr)n1. The molecule has 1 aromatic heterocycles. The van der Waals surface area contributed by atoms with Crippen LogP contribution in [-0.4, -0.2) is 11.6 Å². The molecule has 0 atom stereocenters. The van der Waals surface area contributed by atoms with Crippen LogP contribution >= 0.6 is 15.9 Å². The smallest absolute Gasteiger partial charge is 0.141 e. The van der Waals surface area contributed by atoms with Crippen molar-refractivity contribution >= 4 is 15.9 Å². The molecule has 0 N–H and O–H groups in total. The van der Waals surface area contributed by atoms with Crippen LogP contribution in [0.15, 0.2) is 12.1 Å². The molecule has 2 nitrogen and oxygen atoms in total. The van der Waals surface area contributed by atoms with Gasteiger partial charge in [0.2, 0.25) is 0 Å². The number of rotatable bonds is 6. The van der Waals surface area contributed by atoms with Gasteiger partial charge >= 0.3 is 0 Å². The van der Waals surface area contributed by atoms with Gasteiger partial charge in [0.05, 0.1) is 12.3 Å². The number of alkyl halides is 1. The normalized spacial score (nSPS) is 10.8. The Balaban J connectivity index is 2.47. The molecule has 0 amide bonds. The molecule has 0 aliphatic rings. The van der Waals surface area contributed by atoms with Crippen molar-refractivity contribution in [3.63, 3.8) is 0 Å². The summed E-state index contributed by atoms with van der Waals surface area (Å²) in [6, 6.07) is 4.00. The van der Waals surface area contributed by atoms with E-state index in [0.29, 0.717) is 0 Å². The Labute approximate surface area is 107 Å². The molecule has 1 rings (SSSR count). The second-order valence-electron chi connectivity index (χ2n) is 4.42. The highest BCUT2D eigenvalue weighted by Crippen LogP contribution is 2.20. The lowest BCUT2D eigenvalue weighted by Gasteiger charge is -2.10. The fraction of sp³-hybridized carbons (Fsp3) is 0.615. The minimum absolute atomic E-state index is 0.744. The molecule has 16 heavy (non-hydrogen) atoms. The van der Waals surface area contributed by atoms with Crippen molar-refractivity contribution < 1.29 is 4.74 Å². The predicted octanol–water partition coefficient (Wildman–Crippen LogP) is 4.10. The van der Waals surface area contributed by atoms with Crippen molar-refractivity contribution in [1.29, 1.82) is 0 Å². The van der Waals surface area contributed by atoms with Gasteiger partial charge in [0.25, 0.3) is 0 Å². The van der Waals surface area contributed by atoms with Crippen molar-refractivity contribution in [1.82, 2.24) is 4.98 Å². The van der Waals surface area contributed by atoms with E-state index in [1.165, 1.54) is 6.42 Å². The summed E-state index contributed by atoms with van der Waals surface area (Å²) in [5.41, 5.74) is 2.02. The van der Waals surface area contributed by atoms with Crippen molar-refractivity contribution in [2.45, 2.75) is 38.9 Å². The first-order chi connectivity index (χ1) is 7.63. The van der Waals surface area contributed by atoms with E-state index >= 15 is 0 Å². The molecule has 90 valence electrons. The molecule has 0 aliphatic heterocycles. The maximum Gasteiger partial charge on any atom is 0.141 e. The third-order valence-electron chi connectivity index (χ3n) is 2.38. The lowest BCUT2D eigenvalue weighted by atomic mass is 10.1. The van der Waals surface area contributed by atoms with Gasteiger partial charge in [-0.2, -0.15) is 0 Å². The fourth-order valence-corrected chi connectivity index (χ4v) is 1.90. The van der Waals surface area contributed by atoms with E-state index in [1.807, 2.05) is 19.1 Å². The van der Waals surface area contributed by atoms with E-state index in [9.17, 15) is 0 Å². The summed E-state index contributed by atoms with van der Waals surface area (Å²) in [4.78, 5) is 4.43. The first-order valence-corrected chi connectivity index (χ1v) is 6.91. The number of hydrogen-bond acceptors (Lipinski definition) is 2. The van der Waals surface area contributed by atoms with Crippen LogP contribution in [0.5, 0.6) is 5.75 Å². The number of aromatic nitrogens is 1. The van der Waals surface area contributed by atoms with Crippen molar-refractivity contribution in [3.8, 4) is 5.75 Å². The lowest BCUT2D eigenvalue weighted by molar-refractivity contribution is 0.294. The summed E-state index contributed by atoms with van der Waals surface area (Å²) < 4.78 is 5.74. The second kappa shape index (κ2) is 6.89. The monoisotopic (exact) mass is 285 g/mol. The topological polar surface area (TPSA) is 22.1 Å². The molecule has 0 saturated heterocycles. The van der Waals surface area contributed by atoms with Gasteiger partial charge in [0.15, 0.2) is 0 Å². The summed E-state index contributed by atoms with van der Waals surface area (Å²) in [6.07, 6.45) is 2.32. The molecule has 0 aliphatic carbocycles. The highest BCUT2D eigenvalue weighted by Gasteiger charge is 2.04. The van der Waals surface area contributed by atoms with Crippen LogP contribution in [0, 0.1) is 12.8 Å². The third kappa shape index (κ3) is 4.52. The Morgan fingerprint density at radius 2 is 2.12 bits per heavy atom. The van der Waals surface area contributed by atoms with Crippen LogP contribution in [-0.2, 0) is 5.33 Å². The highest BCUT2D eigenvalue weighted by atomic mass is 79.9. The lowest BCUT2D eigenvalue weighted by Crippen LogP contribution is -2.03. The Bertz CT molecular complexity index is 326. The van der Waals surface area contributed by atoms with Crippen LogP contribution in [0.3, 0.4) is 0 Å².